The van der Waals surface area contributed by atoms with Crippen molar-refractivity contribution in [3.63, 3.8) is 0 Å². The predicted octanol–water partition coefficient (Wildman–Crippen LogP) is 3.38. The molecule has 11 heteroatoms. The molecule has 29 heavy (non-hydrogen) atoms. The summed E-state index contributed by atoms with van der Waals surface area (Å²) < 4.78 is 58.2. The summed E-state index contributed by atoms with van der Waals surface area (Å²) in [5, 5.41) is 16.2. The van der Waals surface area contributed by atoms with E-state index in [9.17, 15) is 17.6 Å². The Bertz CT molecular complexity index is 910. The highest BCUT2D eigenvalue weighted by Gasteiger charge is 2.42. The third kappa shape index (κ3) is 4.36. The van der Waals surface area contributed by atoms with Crippen molar-refractivity contribution in [1.82, 2.24) is 19.7 Å². The molecule has 1 saturated heterocycles. The second-order valence-electron chi connectivity index (χ2n) is 7.32. The topological polar surface area (TPSA) is 79.0 Å². The van der Waals surface area contributed by atoms with Gasteiger partial charge in [0.1, 0.15) is 18.1 Å². The predicted molar refractivity (Wildman–Crippen MR) is 93.4 cm³/mol. The summed E-state index contributed by atoms with van der Waals surface area (Å²) in [7, 11) is 0. The fourth-order valence-corrected chi connectivity index (χ4v) is 4.06. The summed E-state index contributed by atoms with van der Waals surface area (Å²) in [6.45, 7) is -0.187. The van der Waals surface area contributed by atoms with E-state index >= 15 is 0 Å². The Kier molecular flexibility index (Phi) is 4.94. The molecule has 1 aromatic carbocycles. The van der Waals surface area contributed by atoms with Gasteiger partial charge in [-0.15, -0.1) is 5.10 Å². The fourth-order valence-electron chi connectivity index (χ4n) is 4.06. The number of benzene rings is 1. The van der Waals surface area contributed by atoms with Gasteiger partial charge in [-0.1, -0.05) is 6.07 Å². The summed E-state index contributed by atoms with van der Waals surface area (Å²) >= 11 is 0. The Morgan fingerprint density at radius 1 is 1.24 bits per heavy atom. The van der Waals surface area contributed by atoms with Gasteiger partial charge in [-0.2, -0.15) is 23.4 Å². The van der Waals surface area contributed by atoms with Crippen LogP contribution in [0.3, 0.4) is 0 Å². The number of aromatic nitrogens is 3. The number of rotatable bonds is 5. The number of hydrogen-bond donors (Lipinski definition) is 1. The fraction of sp³-hybridized carbons (Fsp3) is 0.500. The smallest absolute Gasteiger partial charge is 0.408 e. The first-order valence-electron chi connectivity index (χ1n) is 9.17. The van der Waals surface area contributed by atoms with Gasteiger partial charge < -0.3 is 15.0 Å². The van der Waals surface area contributed by atoms with Crippen LogP contribution in [0.5, 0.6) is 11.8 Å². The van der Waals surface area contributed by atoms with Crippen molar-refractivity contribution in [2.75, 3.05) is 18.4 Å². The standard InChI is InChI=1S/C18H18F4N6O/c19-13-2-1-3-14(6-13)29-17-25-16(26-28(17)9-18(20,21)22)24-15-11-4-5-12(15)8-27(7-11)10-23/h1-3,6,11-12,15H,4-5,7-9H2,(H,24,26). The number of ether oxygens (including phenoxy) is 1. The molecule has 0 spiro atoms. The van der Waals surface area contributed by atoms with E-state index in [0.29, 0.717) is 17.8 Å². The molecule has 2 aromatic rings. The summed E-state index contributed by atoms with van der Waals surface area (Å²) in [6, 6.07) is 4.65. The molecule has 1 aromatic heterocycles. The highest BCUT2D eigenvalue weighted by Crippen LogP contribution is 2.38. The van der Waals surface area contributed by atoms with Crippen molar-refractivity contribution in [3.05, 3.63) is 30.1 Å². The van der Waals surface area contributed by atoms with Crippen LogP contribution < -0.4 is 10.1 Å². The van der Waals surface area contributed by atoms with Gasteiger partial charge in [0, 0.05) is 25.2 Å². The molecular weight excluding hydrogens is 392 g/mol. The van der Waals surface area contributed by atoms with Gasteiger partial charge in [-0.05, 0) is 36.8 Å². The molecule has 4 rings (SSSR count). The van der Waals surface area contributed by atoms with Gasteiger partial charge in [0.2, 0.25) is 5.95 Å². The Labute approximate surface area is 163 Å². The molecule has 2 aliphatic rings. The number of hydrogen-bond acceptors (Lipinski definition) is 6. The first-order chi connectivity index (χ1) is 13.8. The molecule has 7 nitrogen and oxygen atoms in total. The SMILES string of the molecule is N#CN1CC2CCC(C1)C2Nc1nc(Oc2cccc(F)c2)n(CC(F)(F)F)n1. The van der Waals surface area contributed by atoms with E-state index in [1.165, 1.54) is 18.2 Å². The van der Waals surface area contributed by atoms with Crippen LogP contribution in [0.1, 0.15) is 12.8 Å². The molecule has 1 aliphatic heterocycles. The Balaban J connectivity index is 1.56. The minimum atomic E-state index is -4.53. The second kappa shape index (κ2) is 7.42. The number of nitrogens with zero attached hydrogens (tertiary/aromatic N) is 5. The molecule has 0 radical (unpaired) electrons. The molecular formula is C18H18F4N6O. The third-order valence-corrected chi connectivity index (χ3v) is 5.24. The summed E-state index contributed by atoms with van der Waals surface area (Å²) in [5.74, 6) is -0.155. The monoisotopic (exact) mass is 410 g/mol. The lowest BCUT2D eigenvalue weighted by Gasteiger charge is -2.35. The first-order valence-corrected chi connectivity index (χ1v) is 9.17. The number of nitrogens with one attached hydrogen (secondary N) is 1. The lowest BCUT2D eigenvalue weighted by Crippen LogP contribution is -2.46. The minimum Gasteiger partial charge on any atom is -0.424 e. The molecule has 1 aliphatic carbocycles. The summed E-state index contributed by atoms with van der Waals surface area (Å²) in [5.41, 5.74) is 0. The molecule has 2 atom stereocenters. The number of likely N-dealkylation sites (tertiary alicyclic amines) is 1. The normalized spacial score (nSPS) is 23.7. The average Bonchev–Trinajstić information content (AvgIpc) is 3.09. The van der Waals surface area contributed by atoms with E-state index in [2.05, 4.69) is 21.6 Å². The molecule has 2 unspecified atom stereocenters. The first kappa shape index (κ1) is 19.3. The van der Waals surface area contributed by atoms with Gasteiger partial charge in [0.25, 0.3) is 0 Å². The number of anilines is 1. The molecule has 1 saturated carbocycles. The maximum Gasteiger partial charge on any atom is 0.408 e. The maximum atomic E-state index is 13.4. The van der Waals surface area contributed by atoms with Crippen LogP contribution >= 0.6 is 0 Å². The zero-order valence-electron chi connectivity index (χ0n) is 15.2. The molecule has 2 bridgehead atoms. The summed E-state index contributed by atoms with van der Waals surface area (Å²) in [4.78, 5) is 5.77. The van der Waals surface area contributed by atoms with Gasteiger partial charge in [0.05, 0.1) is 0 Å². The van der Waals surface area contributed by atoms with Gasteiger partial charge in [-0.25, -0.2) is 9.07 Å². The molecule has 2 fully saturated rings. The van der Waals surface area contributed by atoms with Crippen molar-refractivity contribution in [2.24, 2.45) is 11.8 Å². The number of nitriles is 1. The number of alkyl halides is 3. The van der Waals surface area contributed by atoms with Crippen LogP contribution in [-0.2, 0) is 6.54 Å². The lowest BCUT2D eigenvalue weighted by molar-refractivity contribution is -0.143. The van der Waals surface area contributed by atoms with Crippen LogP contribution in [0, 0.1) is 29.1 Å². The van der Waals surface area contributed by atoms with E-state index in [1.54, 1.807) is 4.90 Å². The van der Waals surface area contributed by atoms with E-state index in [4.69, 9.17) is 10.00 Å². The van der Waals surface area contributed by atoms with E-state index in [-0.39, 0.29) is 35.6 Å². The Morgan fingerprint density at radius 2 is 1.97 bits per heavy atom. The van der Waals surface area contributed by atoms with Crippen molar-refractivity contribution >= 4 is 5.95 Å². The zero-order chi connectivity index (χ0) is 20.6. The molecule has 154 valence electrons. The Hall–Kier alpha value is -3.03. The van der Waals surface area contributed by atoms with Crippen LogP contribution in [0.25, 0.3) is 0 Å². The lowest BCUT2D eigenvalue weighted by atomic mass is 9.92. The maximum absolute atomic E-state index is 13.4. The van der Waals surface area contributed by atoms with Crippen LogP contribution in [-0.4, -0.2) is 45.0 Å². The molecule has 1 N–H and O–H groups in total. The van der Waals surface area contributed by atoms with E-state index in [1.807, 2.05) is 0 Å². The average molecular weight is 410 g/mol. The third-order valence-electron chi connectivity index (χ3n) is 5.24. The quantitative estimate of drug-likeness (QED) is 0.602. The molecule has 2 heterocycles. The van der Waals surface area contributed by atoms with Crippen molar-refractivity contribution < 1.29 is 22.3 Å². The van der Waals surface area contributed by atoms with Crippen LogP contribution in [0.15, 0.2) is 24.3 Å². The highest BCUT2D eigenvalue weighted by atomic mass is 19.4. The largest absolute Gasteiger partial charge is 0.424 e. The second-order valence-corrected chi connectivity index (χ2v) is 7.32. The van der Waals surface area contributed by atoms with Gasteiger partial charge in [0.15, 0.2) is 6.19 Å². The van der Waals surface area contributed by atoms with Crippen molar-refractivity contribution in [1.29, 1.82) is 5.26 Å². The van der Waals surface area contributed by atoms with Crippen LogP contribution in [0.4, 0.5) is 23.5 Å². The number of halogens is 4. The highest BCUT2D eigenvalue weighted by molar-refractivity contribution is 5.32. The van der Waals surface area contributed by atoms with E-state index < -0.39 is 18.5 Å². The van der Waals surface area contributed by atoms with Crippen molar-refractivity contribution in [2.45, 2.75) is 31.6 Å². The van der Waals surface area contributed by atoms with Crippen molar-refractivity contribution in [3.8, 4) is 18.0 Å². The zero-order valence-corrected chi connectivity index (χ0v) is 15.2. The number of fused-ring (bicyclic) bond motifs is 2. The van der Waals surface area contributed by atoms with Crippen LogP contribution in [0.2, 0.25) is 0 Å². The summed E-state index contributed by atoms with van der Waals surface area (Å²) in [6.07, 6.45) is -0.517. The Morgan fingerprint density at radius 3 is 2.59 bits per heavy atom. The van der Waals surface area contributed by atoms with Gasteiger partial charge in [-0.3, -0.25) is 0 Å². The number of piperidine rings is 1. The minimum absolute atomic E-state index is 0.0213. The van der Waals surface area contributed by atoms with Gasteiger partial charge >= 0.3 is 12.2 Å². The molecule has 0 amide bonds. The van der Waals surface area contributed by atoms with E-state index in [0.717, 1.165) is 18.9 Å².